The third-order valence-corrected chi connectivity index (χ3v) is 7.29. The fraction of sp³-hybridized carbons (Fsp3) is 0.333. The molecule has 1 unspecified atom stereocenters. The summed E-state index contributed by atoms with van der Waals surface area (Å²) < 4.78 is 35.8. The smallest absolute Gasteiger partial charge is 0.350 e. The van der Waals surface area contributed by atoms with E-state index in [0.717, 1.165) is 12.1 Å². The molecule has 1 saturated heterocycles. The van der Waals surface area contributed by atoms with Crippen molar-refractivity contribution >= 4 is 10.0 Å². The van der Waals surface area contributed by atoms with Gasteiger partial charge in [0.1, 0.15) is 11.6 Å². The normalized spacial score (nSPS) is 17.7. The average molecular weight is 429 g/mol. The highest BCUT2D eigenvalue weighted by atomic mass is 32.2. The molecule has 0 bridgehead atoms. The van der Waals surface area contributed by atoms with Crippen LogP contribution in [0.3, 0.4) is 0 Å². The monoisotopic (exact) mass is 428 g/mol. The zero-order chi connectivity index (χ0) is 21.3. The molecule has 0 radical (unpaired) electrons. The Morgan fingerprint density at radius 2 is 1.77 bits per heavy atom. The molecule has 0 amide bonds. The van der Waals surface area contributed by atoms with Gasteiger partial charge in [-0.25, -0.2) is 22.5 Å². The lowest BCUT2D eigenvalue weighted by atomic mass is 9.98. The average Bonchev–Trinajstić information content (AvgIpc) is 3.09. The van der Waals surface area contributed by atoms with Crippen LogP contribution in [-0.4, -0.2) is 47.3 Å². The highest BCUT2D eigenvalue weighted by molar-refractivity contribution is 7.89. The summed E-state index contributed by atoms with van der Waals surface area (Å²) in [7, 11) is -0.502. The van der Waals surface area contributed by atoms with Gasteiger partial charge in [0.2, 0.25) is 10.0 Å². The van der Waals surface area contributed by atoms with Gasteiger partial charge < -0.3 is 4.74 Å². The molecule has 2 heterocycles. The second-order valence-corrected chi connectivity index (χ2v) is 9.25. The van der Waals surface area contributed by atoms with E-state index in [1.54, 1.807) is 35.9 Å². The number of para-hydroxylation sites is 1. The minimum Gasteiger partial charge on any atom is -0.497 e. The molecule has 1 aliphatic heterocycles. The minimum atomic E-state index is -3.65. The molecule has 1 atom stereocenters. The van der Waals surface area contributed by atoms with E-state index in [1.165, 1.54) is 16.1 Å². The van der Waals surface area contributed by atoms with Gasteiger partial charge in [-0.1, -0.05) is 18.2 Å². The summed E-state index contributed by atoms with van der Waals surface area (Å²) in [6, 6.07) is 15.7. The molecular formula is C21H24N4O4S. The standard InChI is InChI=1S/C21H24N4O4S/c1-23-21(26)25(17-8-4-3-5-9-17)20(22-23)16-7-6-14-24(15-16)30(27,28)19-12-10-18(29-2)11-13-19/h3-5,8-13,16H,6-7,14-15H2,1-2H3. The maximum absolute atomic E-state index is 13.2. The highest BCUT2D eigenvalue weighted by Gasteiger charge is 2.34. The third kappa shape index (κ3) is 3.66. The molecule has 0 saturated carbocycles. The number of benzene rings is 2. The largest absolute Gasteiger partial charge is 0.497 e. The van der Waals surface area contributed by atoms with Gasteiger partial charge in [0.15, 0.2) is 0 Å². The number of ether oxygens (including phenoxy) is 1. The van der Waals surface area contributed by atoms with Gasteiger partial charge in [0.25, 0.3) is 0 Å². The molecule has 0 aliphatic carbocycles. The number of methoxy groups -OCH3 is 1. The number of hydrogen-bond donors (Lipinski definition) is 0. The Morgan fingerprint density at radius 3 is 2.43 bits per heavy atom. The fourth-order valence-corrected chi connectivity index (χ4v) is 5.36. The van der Waals surface area contributed by atoms with Crippen LogP contribution in [0.5, 0.6) is 5.75 Å². The maximum atomic E-state index is 13.2. The Labute approximate surface area is 175 Å². The van der Waals surface area contributed by atoms with Crippen molar-refractivity contribution in [3.05, 3.63) is 70.9 Å². The maximum Gasteiger partial charge on any atom is 0.350 e. The first-order valence-corrected chi connectivity index (χ1v) is 11.2. The van der Waals surface area contributed by atoms with Crippen LogP contribution in [-0.2, 0) is 17.1 Å². The molecule has 1 fully saturated rings. The Morgan fingerprint density at radius 1 is 1.07 bits per heavy atom. The quantitative estimate of drug-likeness (QED) is 0.622. The van der Waals surface area contributed by atoms with Crippen molar-refractivity contribution in [2.75, 3.05) is 20.2 Å². The molecule has 0 N–H and O–H groups in total. The predicted molar refractivity (Wildman–Crippen MR) is 113 cm³/mol. The molecule has 3 aromatic rings. The minimum absolute atomic E-state index is 0.180. The Kier molecular flexibility index (Phi) is 5.48. The summed E-state index contributed by atoms with van der Waals surface area (Å²) in [6.45, 7) is 0.713. The van der Waals surface area contributed by atoms with Gasteiger partial charge in [-0.15, -0.1) is 0 Å². The topological polar surface area (TPSA) is 86.4 Å². The Bertz CT molecular complexity index is 1180. The number of rotatable bonds is 5. The molecule has 8 nitrogen and oxygen atoms in total. The van der Waals surface area contributed by atoms with Gasteiger partial charge in [-0.05, 0) is 49.2 Å². The van der Waals surface area contributed by atoms with Crippen LogP contribution < -0.4 is 10.4 Å². The summed E-state index contributed by atoms with van der Waals surface area (Å²) in [5, 5.41) is 4.45. The van der Waals surface area contributed by atoms with E-state index < -0.39 is 10.0 Å². The molecule has 2 aromatic carbocycles. The van der Waals surface area contributed by atoms with Crippen molar-refractivity contribution in [2.45, 2.75) is 23.7 Å². The van der Waals surface area contributed by atoms with Gasteiger partial charge in [0, 0.05) is 26.1 Å². The van der Waals surface area contributed by atoms with Crippen LogP contribution in [0.4, 0.5) is 0 Å². The van der Waals surface area contributed by atoms with Crippen LogP contribution in [0.15, 0.2) is 64.3 Å². The van der Waals surface area contributed by atoms with E-state index in [0.29, 0.717) is 24.5 Å². The highest BCUT2D eigenvalue weighted by Crippen LogP contribution is 2.30. The summed E-state index contributed by atoms with van der Waals surface area (Å²) >= 11 is 0. The summed E-state index contributed by atoms with van der Waals surface area (Å²) in [6.07, 6.45) is 1.46. The van der Waals surface area contributed by atoms with Crippen molar-refractivity contribution in [3.8, 4) is 11.4 Å². The van der Waals surface area contributed by atoms with Gasteiger partial charge in [-0.2, -0.15) is 9.40 Å². The molecule has 4 rings (SSSR count). The number of hydrogen-bond acceptors (Lipinski definition) is 5. The number of sulfonamides is 1. The lowest BCUT2D eigenvalue weighted by Gasteiger charge is -2.31. The number of piperidine rings is 1. The van der Waals surface area contributed by atoms with E-state index in [-0.39, 0.29) is 23.0 Å². The second kappa shape index (κ2) is 8.08. The van der Waals surface area contributed by atoms with E-state index in [1.807, 2.05) is 30.3 Å². The van der Waals surface area contributed by atoms with Crippen LogP contribution in [0.25, 0.3) is 5.69 Å². The van der Waals surface area contributed by atoms with Crippen molar-refractivity contribution in [1.82, 2.24) is 18.7 Å². The van der Waals surface area contributed by atoms with Crippen LogP contribution in [0, 0.1) is 0 Å². The lowest BCUT2D eigenvalue weighted by Crippen LogP contribution is -2.40. The van der Waals surface area contributed by atoms with E-state index in [9.17, 15) is 13.2 Å². The molecule has 9 heteroatoms. The zero-order valence-electron chi connectivity index (χ0n) is 16.9. The fourth-order valence-electron chi connectivity index (χ4n) is 3.84. The van der Waals surface area contributed by atoms with Crippen LogP contribution in [0.2, 0.25) is 0 Å². The van der Waals surface area contributed by atoms with Crippen LogP contribution >= 0.6 is 0 Å². The molecule has 0 spiro atoms. The number of nitrogens with zero attached hydrogens (tertiary/aromatic N) is 4. The first-order chi connectivity index (χ1) is 14.4. The second-order valence-electron chi connectivity index (χ2n) is 7.31. The van der Waals surface area contributed by atoms with Crippen molar-refractivity contribution in [1.29, 1.82) is 0 Å². The predicted octanol–water partition coefficient (Wildman–Crippen LogP) is 2.15. The van der Waals surface area contributed by atoms with E-state index >= 15 is 0 Å². The molecule has 1 aliphatic rings. The SMILES string of the molecule is COc1ccc(S(=O)(=O)N2CCCC(c3nn(C)c(=O)n3-c3ccccc3)C2)cc1. The molecule has 30 heavy (non-hydrogen) atoms. The zero-order valence-corrected chi connectivity index (χ0v) is 17.7. The van der Waals surface area contributed by atoms with Gasteiger partial charge in [0.05, 0.1) is 17.7 Å². The lowest BCUT2D eigenvalue weighted by molar-refractivity contribution is 0.307. The Balaban J connectivity index is 1.67. The third-order valence-electron chi connectivity index (χ3n) is 5.41. The molecule has 1 aromatic heterocycles. The molecule has 158 valence electrons. The molecular weight excluding hydrogens is 404 g/mol. The number of aromatic nitrogens is 3. The first kappa shape index (κ1) is 20.4. The van der Waals surface area contributed by atoms with Crippen molar-refractivity contribution in [2.24, 2.45) is 7.05 Å². The summed E-state index contributed by atoms with van der Waals surface area (Å²) in [5.41, 5.74) is 0.479. The van der Waals surface area contributed by atoms with Crippen LogP contribution in [0.1, 0.15) is 24.6 Å². The van der Waals surface area contributed by atoms with E-state index in [4.69, 9.17) is 4.74 Å². The van der Waals surface area contributed by atoms with Crippen molar-refractivity contribution < 1.29 is 13.2 Å². The number of aryl methyl sites for hydroxylation is 1. The first-order valence-electron chi connectivity index (χ1n) is 9.77. The van der Waals surface area contributed by atoms with Crippen molar-refractivity contribution in [3.63, 3.8) is 0 Å². The van der Waals surface area contributed by atoms with Gasteiger partial charge >= 0.3 is 5.69 Å². The van der Waals surface area contributed by atoms with Gasteiger partial charge in [-0.3, -0.25) is 0 Å². The summed E-state index contributed by atoms with van der Waals surface area (Å²) in [5.74, 6) is 1.01. The van der Waals surface area contributed by atoms with E-state index in [2.05, 4.69) is 5.10 Å². The summed E-state index contributed by atoms with van der Waals surface area (Å²) in [4.78, 5) is 12.9. The Hall–Kier alpha value is -2.91.